The molecule has 1 heterocycles. The molecule has 0 aliphatic heterocycles. The molecule has 0 atom stereocenters. The third-order valence-electron chi connectivity index (χ3n) is 3.38. The molecule has 0 unspecified atom stereocenters. The molecular formula is C13H20N4O2S. The number of ether oxygens (including phenoxy) is 1. The molecule has 1 amide bonds. The molecule has 0 saturated carbocycles. The van der Waals surface area contributed by atoms with Crippen molar-refractivity contribution in [1.29, 1.82) is 0 Å². The second-order valence-corrected chi connectivity index (χ2v) is 4.92. The second-order valence-electron chi connectivity index (χ2n) is 4.48. The normalized spacial score (nSPS) is 11.0. The van der Waals surface area contributed by atoms with Crippen LogP contribution in [-0.4, -0.2) is 28.0 Å². The monoisotopic (exact) mass is 296 g/mol. The average Bonchev–Trinajstić information content (AvgIpc) is 2.39. The van der Waals surface area contributed by atoms with Crippen LogP contribution in [0.5, 0.6) is 5.88 Å². The van der Waals surface area contributed by atoms with Gasteiger partial charge < -0.3 is 10.5 Å². The predicted octanol–water partition coefficient (Wildman–Crippen LogP) is 1.82. The Morgan fingerprint density at radius 3 is 2.50 bits per heavy atom. The van der Waals surface area contributed by atoms with Crippen LogP contribution in [0.3, 0.4) is 0 Å². The lowest BCUT2D eigenvalue weighted by atomic mass is 9.81. The highest BCUT2D eigenvalue weighted by Gasteiger charge is 2.38. The Morgan fingerprint density at radius 2 is 2.05 bits per heavy atom. The predicted molar refractivity (Wildman–Crippen MR) is 81.8 cm³/mol. The standard InChI is InChI=1S/C13H20N4O2S/c1-5-13(6-2,10(14)20)11(18)17-12-15-8(3)7-9(16-12)19-4/h7H,5-6H2,1-4H3,(H2,14,20)(H,15,16,17,18). The molecule has 20 heavy (non-hydrogen) atoms. The minimum atomic E-state index is -0.879. The minimum Gasteiger partial charge on any atom is -0.481 e. The van der Waals surface area contributed by atoms with Crippen molar-refractivity contribution in [3.63, 3.8) is 0 Å². The van der Waals surface area contributed by atoms with Crippen molar-refractivity contribution in [1.82, 2.24) is 9.97 Å². The fraction of sp³-hybridized carbons (Fsp3) is 0.538. The summed E-state index contributed by atoms with van der Waals surface area (Å²) in [7, 11) is 1.50. The van der Waals surface area contributed by atoms with Gasteiger partial charge in [-0.25, -0.2) is 4.98 Å². The number of methoxy groups -OCH3 is 1. The van der Waals surface area contributed by atoms with Gasteiger partial charge in [-0.15, -0.1) is 0 Å². The summed E-state index contributed by atoms with van der Waals surface area (Å²) >= 11 is 5.05. The van der Waals surface area contributed by atoms with E-state index in [1.54, 1.807) is 13.0 Å². The Labute approximate surface area is 124 Å². The van der Waals surface area contributed by atoms with E-state index in [4.69, 9.17) is 22.7 Å². The molecular weight excluding hydrogens is 276 g/mol. The number of aromatic nitrogens is 2. The van der Waals surface area contributed by atoms with E-state index >= 15 is 0 Å². The Bertz CT molecular complexity index is 515. The lowest BCUT2D eigenvalue weighted by Gasteiger charge is -2.28. The number of anilines is 1. The van der Waals surface area contributed by atoms with E-state index in [2.05, 4.69) is 15.3 Å². The van der Waals surface area contributed by atoms with Crippen LogP contribution in [0.15, 0.2) is 6.07 Å². The van der Waals surface area contributed by atoms with Crippen molar-refractivity contribution in [2.45, 2.75) is 33.6 Å². The minimum absolute atomic E-state index is 0.180. The van der Waals surface area contributed by atoms with Crippen molar-refractivity contribution in [2.24, 2.45) is 11.1 Å². The molecule has 1 aromatic rings. The van der Waals surface area contributed by atoms with Crippen LogP contribution in [0.4, 0.5) is 5.95 Å². The summed E-state index contributed by atoms with van der Waals surface area (Å²) in [6, 6.07) is 1.68. The van der Waals surface area contributed by atoms with Crippen molar-refractivity contribution < 1.29 is 9.53 Å². The maximum Gasteiger partial charge on any atom is 0.239 e. The molecule has 0 spiro atoms. The quantitative estimate of drug-likeness (QED) is 0.778. The van der Waals surface area contributed by atoms with Gasteiger partial charge in [-0.1, -0.05) is 26.1 Å². The summed E-state index contributed by atoms with van der Waals surface area (Å²) in [5.74, 6) is 0.291. The summed E-state index contributed by atoms with van der Waals surface area (Å²) < 4.78 is 5.05. The van der Waals surface area contributed by atoms with Crippen molar-refractivity contribution >= 4 is 29.1 Å². The zero-order chi connectivity index (χ0) is 15.3. The van der Waals surface area contributed by atoms with E-state index in [-0.39, 0.29) is 16.8 Å². The fourth-order valence-corrected chi connectivity index (χ4v) is 2.33. The number of nitrogens with one attached hydrogen (secondary N) is 1. The van der Waals surface area contributed by atoms with Crippen molar-refractivity contribution in [3.05, 3.63) is 11.8 Å². The van der Waals surface area contributed by atoms with Crippen LogP contribution in [0.2, 0.25) is 0 Å². The molecule has 0 aliphatic rings. The Morgan fingerprint density at radius 1 is 1.45 bits per heavy atom. The third-order valence-corrected chi connectivity index (χ3v) is 3.77. The highest BCUT2D eigenvalue weighted by molar-refractivity contribution is 7.80. The number of nitrogens with two attached hydrogens (primary N) is 1. The van der Waals surface area contributed by atoms with Crippen molar-refractivity contribution in [2.75, 3.05) is 12.4 Å². The Kier molecular flexibility index (Phi) is 5.38. The summed E-state index contributed by atoms with van der Waals surface area (Å²) in [6.45, 7) is 5.54. The summed E-state index contributed by atoms with van der Waals surface area (Å²) in [5.41, 5.74) is 5.55. The highest BCUT2D eigenvalue weighted by atomic mass is 32.1. The molecule has 0 saturated heterocycles. The van der Waals surface area contributed by atoms with Gasteiger partial charge in [0.25, 0.3) is 0 Å². The van der Waals surface area contributed by atoms with Crippen LogP contribution in [0.25, 0.3) is 0 Å². The number of rotatable bonds is 6. The van der Waals surface area contributed by atoms with E-state index in [0.717, 1.165) is 0 Å². The number of thiocarbonyl (C=S) groups is 1. The number of hydrogen-bond acceptors (Lipinski definition) is 5. The molecule has 0 fully saturated rings. The molecule has 1 aromatic heterocycles. The first-order valence-electron chi connectivity index (χ1n) is 6.40. The zero-order valence-electron chi connectivity index (χ0n) is 12.2. The molecule has 0 aliphatic carbocycles. The molecule has 3 N–H and O–H groups in total. The zero-order valence-corrected chi connectivity index (χ0v) is 13.0. The van der Waals surface area contributed by atoms with Gasteiger partial charge in [0.1, 0.15) is 0 Å². The van der Waals surface area contributed by atoms with Gasteiger partial charge in [-0.3, -0.25) is 10.1 Å². The maximum absolute atomic E-state index is 12.4. The van der Waals surface area contributed by atoms with E-state index in [0.29, 0.717) is 24.4 Å². The maximum atomic E-state index is 12.4. The summed E-state index contributed by atoms with van der Waals surface area (Å²) in [4.78, 5) is 20.9. The largest absolute Gasteiger partial charge is 0.481 e. The smallest absolute Gasteiger partial charge is 0.239 e. The molecule has 0 radical (unpaired) electrons. The van der Waals surface area contributed by atoms with Gasteiger partial charge >= 0.3 is 0 Å². The SMILES string of the molecule is CCC(CC)(C(=O)Nc1nc(C)cc(OC)n1)C(N)=S. The van der Waals surface area contributed by atoms with Crippen LogP contribution >= 0.6 is 12.2 Å². The molecule has 0 aromatic carbocycles. The Hall–Kier alpha value is -1.76. The summed E-state index contributed by atoms with van der Waals surface area (Å²) in [5, 5.41) is 2.67. The van der Waals surface area contributed by atoms with E-state index in [9.17, 15) is 4.79 Å². The molecule has 0 bridgehead atoms. The second kappa shape index (κ2) is 6.60. The van der Waals surface area contributed by atoms with Crippen LogP contribution in [0, 0.1) is 12.3 Å². The van der Waals surface area contributed by atoms with Crippen molar-refractivity contribution in [3.8, 4) is 5.88 Å². The molecule has 110 valence electrons. The van der Waals surface area contributed by atoms with Crippen LogP contribution in [-0.2, 0) is 4.79 Å². The highest BCUT2D eigenvalue weighted by Crippen LogP contribution is 2.28. The summed E-state index contributed by atoms with van der Waals surface area (Å²) in [6.07, 6.45) is 1.04. The van der Waals surface area contributed by atoms with E-state index in [1.807, 2.05) is 13.8 Å². The average molecular weight is 296 g/mol. The molecule has 1 rings (SSSR count). The van der Waals surface area contributed by atoms with Gasteiger partial charge in [0, 0.05) is 11.8 Å². The fourth-order valence-electron chi connectivity index (χ4n) is 1.95. The third kappa shape index (κ3) is 3.22. The van der Waals surface area contributed by atoms with Gasteiger partial charge in [0.15, 0.2) is 0 Å². The van der Waals surface area contributed by atoms with E-state index < -0.39 is 5.41 Å². The Balaban J connectivity index is 3.05. The first kappa shape index (κ1) is 16.3. The first-order chi connectivity index (χ1) is 9.39. The lowest BCUT2D eigenvalue weighted by Crippen LogP contribution is -2.45. The lowest BCUT2D eigenvalue weighted by molar-refractivity contribution is -0.122. The number of carbonyl (C=O) groups is 1. The van der Waals surface area contributed by atoms with E-state index in [1.165, 1.54) is 7.11 Å². The van der Waals surface area contributed by atoms with Gasteiger partial charge in [0.05, 0.1) is 17.5 Å². The first-order valence-corrected chi connectivity index (χ1v) is 6.81. The van der Waals surface area contributed by atoms with Gasteiger partial charge in [0.2, 0.25) is 17.7 Å². The molecule has 7 heteroatoms. The number of hydrogen-bond donors (Lipinski definition) is 2. The van der Waals surface area contributed by atoms with Crippen LogP contribution in [0.1, 0.15) is 32.4 Å². The van der Waals surface area contributed by atoms with Crippen LogP contribution < -0.4 is 15.8 Å². The number of amides is 1. The van der Waals surface area contributed by atoms with Gasteiger partial charge in [-0.2, -0.15) is 4.98 Å². The number of aryl methyl sites for hydroxylation is 1. The number of nitrogens with zero attached hydrogens (tertiary/aromatic N) is 2. The molecule has 6 nitrogen and oxygen atoms in total. The van der Waals surface area contributed by atoms with Gasteiger partial charge in [-0.05, 0) is 19.8 Å². The number of carbonyl (C=O) groups excluding carboxylic acids is 1. The topological polar surface area (TPSA) is 90.1 Å².